The maximum Gasteiger partial charge on any atom is 0.457 e. The Balaban J connectivity index is 1.97. The molecule has 17 heavy (non-hydrogen) atoms. The quantitative estimate of drug-likeness (QED) is 0.529. The first-order valence-electron chi connectivity index (χ1n) is 5.75. The van der Waals surface area contributed by atoms with E-state index in [9.17, 15) is 0 Å². The number of allylic oxidation sites excluding steroid dienone is 3. The molecular weight excluding hydrogens is 212 g/mol. The summed E-state index contributed by atoms with van der Waals surface area (Å²) in [5.41, 5.74) is 2.87. The van der Waals surface area contributed by atoms with Crippen LogP contribution in [0, 0.1) is 11.8 Å². The molecule has 2 aliphatic heterocycles. The van der Waals surface area contributed by atoms with Gasteiger partial charge in [-0.2, -0.15) is 4.42 Å². The Kier molecular flexibility index (Phi) is 2.50. The van der Waals surface area contributed by atoms with Gasteiger partial charge in [0.2, 0.25) is 5.71 Å². The zero-order valence-corrected chi connectivity index (χ0v) is 9.55. The Morgan fingerprint density at radius 1 is 1.47 bits per heavy atom. The fourth-order valence-corrected chi connectivity index (χ4v) is 1.95. The third kappa shape index (κ3) is 2.00. The minimum Gasteiger partial charge on any atom is -0.313 e. The molecule has 3 heteroatoms. The van der Waals surface area contributed by atoms with Crippen LogP contribution in [0.3, 0.4) is 0 Å². The number of hydrogen-bond acceptors (Lipinski definition) is 2. The SMILES string of the molecule is C=C1C=C2[O+]=C(C3=CCNCC3)N=C2C#CC1. The van der Waals surface area contributed by atoms with Gasteiger partial charge < -0.3 is 5.32 Å². The Morgan fingerprint density at radius 3 is 3.24 bits per heavy atom. The van der Waals surface area contributed by atoms with E-state index in [1.807, 2.05) is 6.08 Å². The van der Waals surface area contributed by atoms with Gasteiger partial charge >= 0.3 is 11.7 Å². The summed E-state index contributed by atoms with van der Waals surface area (Å²) in [7, 11) is 0. The van der Waals surface area contributed by atoms with Crippen molar-refractivity contribution in [2.75, 3.05) is 13.1 Å². The molecule has 0 aromatic carbocycles. The molecule has 1 N–H and O–H groups in total. The van der Waals surface area contributed by atoms with E-state index in [-0.39, 0.29) is 0 Å². The normalized spacial score (nSPS) is 22.5. The van der Waals surface area contributed by atoms with E-state index in [0.29, 0.717) is 12.3 Å². The fourth-order valence-electron chi connectivity index (χ4n) is 1.95. The van der Waals surface area contributed by atoms with Gasteiger partial charge in [-0.15, -0.1) is 4.99 Å². The molecule has 3 nitrogen and oxygen atoms in total. The molecule has 0 saturated carbocycles. The zero-order valence-electron chi connectivity index (χ0n) is 9.55. The Labute approximate surface area is 100 Å². The molecule has 2 heterocycles. The van der Waals surface area contributed by atoms with Crippen LogP contribution in [0.2, 0.25) is 0 Å². The molecule has 0 saturated heterocycles. The number of carbonyl (C=O) groups excluding carboxylic acids is 1. The lowest BCUT2D eigenvalue weighted by Crippen LogP contribution is -2.22. The molecule has 0 spiro atoms. The summed E-state index contributed by atoms with van der Waals surface area (Å²) >= 11 is 0. The zero-order chi connectivity index (χ0) is 11.7. The second-order valence-corrected chi connectivity index (χ2v) is 4.20. The van der Waals surface area contributed by atoms with E-state index < -0.39 is 0 Å². The van der Waals surface area contributed by atoms with Crippen LogP contribution in [0.25, 0.3) is 0 Å². The van der Waals surface area contributed by atoms with Crippen molar-refractivity contribution in [3.8, 4) is 11.8 Å². The van der Waals surface area contributed by atoms with Crippen LogP contribution < -0.4 is 5.32 Å². The van der Waals surface area contributed by atoms with Gasteiger partial charge in [-0.25, -0.2) is 0 Å². The van der Waals surface area contributed by atoms with Crippen LogP contribution in [-0.2, 0) is 4.42 Å². The van der Waals surface area contributed by atoms with Gasteiger partial charge in [-0.1, -0.05) is 18.6 Å². The Morgan fingerprint density at radius 2 is 2.41 bits per heavy atom. The van der Waals surface area contributed by atoms with Gasteiger partial charge in [0.15, 0.2) is 0 Å². The minimum absolute atomic E-state index is 0.688. The molecule has 0 unspecified atom stereocenters. The molecule has 0 atom stereocenters. The molecule has 3 aliphatic rings. The van der Waals surface area contributed by atoms with Gasteiger partial charge in [0.25, 0.3) is 0 Å². The van der Waals surface area contributed by atoms with E-state index in [1.54, 1.807) is 0 Å². The first-order chi connectivity index (χ1) is 8.33. The van der Waals surface area contributed by atoms with Gasteiger partial charge in [0, 0.05) is 19.0 Å². The van der Waals surface area contributed by atoms with Gasteiger partial charge in [0.1, 0.15) is 0 Å². The lowest BCUT2D eigenvalue weighted by atomic mass is 10.1. The highest BCUT2D eigenvalue weighted by atomic mass is 16.4. The van der Waals surface area contributed by atoms with Gasteiger partial charge in [-0.05, 0) is 24.5 Å². The van der Waals surface area contributed by atoms with Crippen molar-refractivity contribution in [1.82, 2.24) is 5.32 Å². The van der Waals surface area contributed by atoms with Crippen LogP contribution in [0.5, 0.6) is 0 Å². The van der Waals surface area contributed by atoms with Crippen molar-refractivity contribution >= 4 is 11.6 Å². The second-order valence-electron chi connectivity index (χ2n) is 4.20. The predicted octanol–water partition coefficient (Wildman–Crippen LogP) is 1.27. The highest BCUT2D eigenvalue weighted by Gasteiger charge is 2.33. The van der Waals surface area contributed by atoms with Crippen LogP contribution in [0.1, 0.15) is 12.8 Å². The van der Waals surface area contributed by atoms with E-state index in [2.05, 4.69) is 34.8 Å². The molecule has 0 amide bonds. The van der Waals surface area contributed by atoms with Crippen LogP contribution in [-0.4, -0.2) is 24.7 Å². The first-order valence-corrected chi connectivity index (χ1v) is 5.75. The first kappa shape index (κ1) is 10.2. The largest absolute Gasteiger partial charge is 0.457 e. The number of aliphatic imine (C=N–C) groups is 1. The molecule has 0 aromatic rings. The third-order valence-corrected chi connectivity index (χ3v) is 2.85. The summed E-state index contributed by atoms with van der Waals surface area (Å²) in [5.74, 6) is 7.51. The number of fused-ring (bicyclic) bond motifs is 1. The van der Waals surface area contributed by atoms with Gasteiger partial charge in [0.05, 0.1) is 5.57 Å². The standard InChI is InChI=1S/C14H13N2O/c1-10-3-2-4-12-13(9-10)17-14(16-12)11-5-7-15-8-6-11/h5,9,15H,1,3,6-8H2/q+1. The van der Waals surface area contributed by atoms with E-state index >= 15 is 0 Å². The summed E-state index contributed by atoms with van der Waals surface area (Å²) in [6.07, 6.45) is 5.68. The van der Waals surface area contributed by atoms with E-state index in [4.69, 9.17) is 4.42 Å². The summed E-state index contributed by atoms with van der Waals surface area (Å²) in [6, 6.07) is 0. The molecule has 0 fully saturated rings. The molecular formula is C14H13N2O+. The molecule has 0 bridgehead atoms. The second kappa shape index (κ2) is 4.15. The minimum atomic E-state index is 0.688. The van der Waals surface area contributed by atoms with Crippen molar-refractivity contribution in [2.45, 2.75) is 12.8 Å². The monoisotopic (exact) mass is 225 g/mol. The average Bonchev–Trinajstić information content (AvgIpc) is 2.66. The van der Waals surface area contributed by atoms with Crippen molar-refractivity contribution in [3.05, 3.63) is 35.6 Å². The van der Waals surface area contributed by atoms with Crippen molar-refractivity contribution in [3.63, 3.8) is 0 Å². The van der Waals surface area contributed by atoms with Crippen molar-refractivity contribution in [2.24, 2.45) is 4.99 Å². The number of nitrogens with one attached hydrogen (secondary N) is 1. The third-order valence-electron chi connectivity index (χ3n) is 2.85. The Hall–Kier alpha value is -1.92. The fraction of sp³-hybridized carbons (Fsp3) is 0.286. The van der Waals surface area contributed by atoms with E-state index in [1.165, 1.54) is 0 Å². The lowest BCUT2D eigenvalue weighted by Gasteiger charge is -2.07. The summed E-state index contributed by atoms with van der Waals surface area (Å²) in [4.78, 5) is 4.46. The number of amides is 1. The van der Waals surface area contributed by atoms with Gasteiger partial charge in [-0.3, -0.25) is 0 Å². The number of nitrogens with zero attached hydrogens (tertiary/aromatic N) is 1. The van der Waals surface area contributed by atoms with Crippen molar-refractivity contribution in [1.29, 1.82) is 0 Å². The maximum absolute atomic E-state index is 5.77. The lowest BCUT2D eigenvalue weighted by molar-refractivity contribution is -0.383. The van der Waals surface area contributed by atoms with Crippen LogP contribution in [0.15, 0.2) is 40.6 Å². The predicted molar refractivity (Wildman–Crippen MR) is 67.6 cm³/mol. The number of hydrogen-bond donors (Lipinski definition) is 1. The Bertz CT molecular complexity index is 565. The van der Waals surface area contributed by atoms with Crippen LogP contribution in [0.4, 0.5) is 0 Å². The van der Waals surface area contributed by atoms with E-state index in [0.717, 1.165) is 42.1 Å². The highest BCUT2D eigenvalue weighted by molar-refractivity contribution is 6.20. The molecule has 84 valence electrons. The molecule has 3 rings (SSSR count). The van der Waals surface area contributed by atoms with Crippen molar-refractivity contribution < 1.29 is 4.42 Å². The molecule has 0 radical (unpaired) electrons. The molecule has 1 aliphatic carbocycles. The summed E-state index contributed by atoms with van der Waals surface area (Å²) in [5, 5.41) is 3.27. The highest BCUT2D eigenvalue weighted by Crippen LogP contribution is 2.18. The van der Waals surface area contributed by atoms with Crippen LogP contribution >= 0.6 is 0 Å². The number of rotatable bonds is 1. The summed E-state index contributed by atoms with van der Waals surface area (Å²) in [6.45, 7) is 5.78. The topological polar surface area (TPSA) is 35.7 Å². The maximum atomic E-state index is 5.77. The average molecular weight is 225 g/mol. The summed E-state index contributed by atoms with van der Waals surface area (Å²) < 4.78 is 5.77. The molecule has 0 aromatic heterocycles. The smallest absolute Gasteiger partial charge is 0.313 e.